The number of hydrogen-bond acceptors (Lipinski definition) is 3. The van der Waals surface area contributed by atoms with Crippen molar-refractivity contribution < 1.29 is 14.6 Å². The Hall–Kier alpha value is -2.98. The maximum absolute atomic E-state index is 10.0. The molecule has 4 rings (SSSR count). The van der Waals surface area contributed by atoms with Gasteiger partial charge in [-0.2, -0.15) is 0 Å². The molecule has 0 saturated heterocycles. The molecule has 0 fully saturated rings. The molecule has 0 radical (unpaired) electrons. The summed E-state index contributed by atoms with van der Waals surface area (Å²) >= 11 is 0. The van der Waals surface area contributed by atoms with Crippen LogP contribution < -0.4 is 0 Å². The molecule has 1 heterocycles. The quantitative estimate of drug-likeness (QED) is 0.593. The Morgan fingerprint density at radius 3 is 1.66 bits per heavy atom. The number of aliphatic hydroxyl groups excluding tert-OH is 1. The number of ether oxygens (including phenoxy) is 2. The highest BCUT2D eigenvalue weighted by atomic mass is 16.6. The smallest absolute Gasteiger partial charge is 0.181 e. The molecule has 29 heavy (non-hydrogen) atoms. The van der Waals surface area contributed by atoms with Gasteiger partial charge in [-0.3, -0.25) is 0 Å². The maximum atomic E-state index is 10.0. The first-order valence-electron chi connectivity index (χ1n) is 9.72. The predicted molar refractivity (Wildman–Crippen MR) is 114 cm³/mol. The van der Waals surface area contributed by atoms with Crippen LogP contribution in [-0.2, 0) is 15.1 Å². The van der Waals surface area contributed by atoms with Gasteiger partial charge in [0.2, 0.25) is 0 Å². The van der Waals surface area contributed by atoms with Crippen molar-refractivity contribution in [3.8, 4) is 0 Å². The summed E-state index contributed by atoms with van der Waals surface area (Å²) in [6.45, 7) is 4.01. The second kappa shape index (κ2) is 8.58. The molecule has 2 atom stereocenters. The summed E-state index contributed by atoms with van der Waals surface area (Å²) in [5, 5.41) is 10.0. The SMILES string of the molecule is C=CC1=C[C@@H](COC(c2ccccc2)(c2ccccc2)c2ccccc2)OC1O. The van der Waals surface area contributed by atoms with Crippen molar-refractivity contribution in [1.82, 2.24) is 0 Å². The van der Waals surface area contributed by atoms with Crippen molar-refractivity contribution in [2.75, 3.05) is 6.61 Å². The molecule has 1 unspecified atom stereocenters. The van der Waals surface area contributed by atoms with E-state index >= 15 is 0 Å². The van der Waals surface area contributed by atoms with Gasteiger partial charge >= 0.3 is 0 Å². The van der Waals surface area contributed by atoms with Crippen LogP contribution in [0.5, 0.6) is 0 Å². The summed E-state index contributed by atoms with van der Waals surface area (Å²) in [5.41, 5.74) is 2.96. The van der Waals surface area contributed by atoms with Crippen LogP contribution in [0.4, 0.5) is 0 Å². The third-order valence-corrected chi connectivity index (χ3v) is 5.21. The van der Waals surface area contributed by atoms with Crippen molar-refractivity contribution in [3.05, 3.63) is 132 Å². The molecule has 0 amide bonds. The highest BCUT2D eigenvalue weighted by Crippen LogP contribution is 2.40. The van der Waals surface area contributed by atoms with Crippen LogP contribution in [0.25, 0.3) is 0 Å². The van der Waals surface area contributed by atoms with Crippen molar-refractivity contribution in [2.24, 2.45) is 0 Å². The minimum absolute atomic E-state index is 0.285. The van der Waals surface area contributed by atoms with Crippen molar-refractivity contribution in [2.45, 2.75) is 18.0 Å². The van der Waals surface area contributed by atoms with Crippen LogP contribution in [0.15, 0.2) is 115 Å². The van der Waals surface area contributed by atoms with E-state index in [0.29, 0.717) is 5.57 Å². The average molecular weight is 384 g/mol. The molecule has 0 aromatic heterocycles. The van der Waals surface area contributed by atoms with Gasteiger partial charge in [0.15, 0.2) is 6.29 Å². The van der Waals surface area contributed by atoms with E-state index in [1.807, 2.05) is 60.7 Å². The number of benzene rings is 3. The van der Waals surface area contributed by atoms with Crippen LogP contribution in [-0.4, -0.2) is 24.1 Å². The van der Waals surface area contributed by atoms with Crippen LogP contribution in [0, 0.1) is 0 Å². The lowest BCUT2D eigenvalue weighted by atomic mass is 9.80. The Bertz CT molecular complexity index is 868. The zero-order valence-electron chi connectivity index (χ0n) is 16.1. The molecule has 1 aliphatic heterocycles. The van der Waals surface area contributed by atoms with Crippen LogP contribution in [0.2, 0.25) is 0 Å². The molecule has 0 saturated carbocycles. The zero-order chi connectivity index (χ0) is 20.1. The molecule has 1 N–H and O–H groups in total. The van der Waals surface area contributed by atoms with Crippen molar-refractivity contribution in [1.29, 1.82) is 0 Å². The second-order valence-electron chi connectivity index (χ2n) is 6.99. The van der Waals surface area contributed by atoms with E-state index < -0.39 is 11.9 Å². The molecular formula is C26H24O3. The summed E-state index contributed by atoms with van der Waals surface area (Å²) in [6.07, 6.45) is 2.17. The lowest BCUT2D eigenvalue weighted by molar-refractivity contribution is -0.113. The van der Waals surface area contributed by atoms with E-state index in [4.69, 9.17) is 9.47 Å². The van der Waals surface area contributed by atoms with Crippen LogP contribution in [0.3, 0.4) is 0 Å². The highest BCUT2D eigenvalue weighted by Gasteiger charge is 2.38. The van der Waals surface area contributed by atoms with Gasteiger partial charge < -0.3 is 14.6 Å². The first kappa shape index (κ1) is 19.3. The van der Waals surface area contributed by atoms with Gasteiger partial charge in [0, 0.05) is 5.57 Å². The Balaban J connectivity index is 1.80. The van der Waals surface area contributed by atoms with Crippen LogP contribution in [0.1, 0.15) is 16.7 Å². The molecule has 3 aromatic carbocycles. The Morgan fingerprint density at radius 2 is 1.28 bits per heavy atom. The first-order chi connectivity index (χ1) is 14.2. The third kappa shape index (κ3) is 3.81. The van der Waals surface area contributed by atoms with Gasteiger partial charge in [0.1, 0.15) is 11.7 Å². The monoisotopic (exact) mass is 384 g/mol. The Kier molecular flexibility index (Phi) is 5.72. The summed E-state index contributed by atoms with van der Waals surface area (Å²) in [4.78, 5) is 0. The molecule has 1 aliphatic rings. The maximum Gasteiger partial charge on any atom is 0.181 e. The number of hydrogen-bond donors (Lipinski definition) is 1. The molecule has 0 aliphatic carbocycles. The van der Waals surface area contributed by atoms with Gasteiger partial charge in [0.05, 0.1) is 6.61 Å². The fraction of sp³-hybridized carbons (Fsp3) is 0.154. The average Bonchev–Trinajstić information content (AvgIpc) is 3.16. The highest BCUT2D eigenvalue weighted by molar-refractivity contribution is 5.47. The zero-order valence-corrected chi connectivity index (χ0v) is 16.1. The van der Waals surface area contributed by atoms with E-state index in [2.05, 4.69) is 43.0 Å². The largest absolute Gasteiger partial charge is 0.364 e. The molecular weight excluding hydrogens is 360 g/mol. The van der Waals surface area contributed by atoms with Crippen molar-refractivity contribution in [3.63, 3.8) is 0 Å². The number of rotatable bonds is 7. The normalized spacial score (nSPS) is 19.0. The fourth-order valence-corrected chi connectivity index (χ4v) is 3.81. The minimum atomic E-state index is -0.958. The second-order valence-corrected chi connectivity index (χ2v) is 6.99. The summed E-state index contributed by atoms with van der Waals surface area (Å²) in [6, 6.07) is 30.6. The Labute approximate surface area is 171 Å². The van der Waals surface area contributed by atoms with E-state index in [9.17, 15) is 5.11 Å². The van der Waals surface area contributed by atoms with Gasteiger partial charge in [-0.15, -0.1) is 0 Å². The van der Waals surface area contributed by atoms with Gasteiger partial charge in [-0.1, -0.05) is 104 Å². The Morgan fingerprint density at radius 1 is 0.828 bits per heavy atom. The van der Waals surface area contributed by atoms with E-state index in [1.165, 1.54) is 0 Å². The molecule has 146 valence electrons. The molecule has 0 bridgehead atoms. The molecule has 3 heteroatoms. The topological polar surface area (TPSA) is 38.7 Å². The fourth-order valence-electron chi connectivity index (χ4n) is 3.81. The molecule has 0 spiro atoms. The van der Waals surface area contributed by atoms with Crippen molar-refractivity contribution >= 4 is 0 Å². The van der Waals surface area contributed by atoms with E-state index in [0.717, 1.165) is 16.7 Å². The standard InChI is InChI=1S/C26H24O3/c1-2-20-18-24(29-25(20)27)19-28-26(21-12-6-3-7-13-21,22-14-8-4-9-15-22)23-16-10-5-11-17-23/h2-18,24-25,27H,1,19H2/t24-,25?/m0/s1. The van der Waals surface area contributed by atoms with Gasteiger partial charge in [-0.05, 0) is 22.8 Å². The minimum Gasteiger partial charge on any atom is -0.364 e. The predicted octanol–water partition coefficient (Wildman–Crippen LogP) is 4.82. The van der Waals surface area contributed by atoms with E-state index in [-0.39, 0.29) is 12.7 Å². The van der Waals surface area contributed by atoms with Gasteiger partial charge in [-0.25, -0.2) is 0 Å². The van der Waals surface area contributed by atoms with Gasteiger partial charge in [0.25, 0.3) is 0 Å². The lowest BCUT2D eigenvalue weighted by Gasteiger charge is -2.36. The molecule has 3 aromatic rings. The lowest BCUT2D eigenvalue weighted by Crippen LogP contribution is -2.35. The summed E-state index contributed by atoms with van der Waals surface area (Å²) in [7, 11) is 0. The first-order valence-corrected chi connectivity index (χ1v) is 9.72. The summed E-state index contributed by atoms with van der Waals surface area (Å²) < 4.78 is 12.3. The van der Waals surface area contributed by atoms with Crippen LogP contribution >= 0.6 is 0 Å². The molecule has 3 nitrogen and oxygen atoms in total. The summed E-state index contributed by atoms with van der Waals surface area (Å²) in [5.74, 6) is 0. The number of aliphatic hydroxyl groups is 1. The van der Waals surface area contributed by atoms with E-state index in [1.54, 1.807) is 6.08 Å². The third-order valence-electron chi connectivity index (χ3n) is 5.21.